The van der Waals surface area contributed by atoms with Gasteiger partial charge in [-0.25, -0.2) is 0 Å². The summed E-state index contributed by atoms with van der Waals surface area (Å²) in [5.41, 5.74) is 4.23. The minimum absolute atomic E-state index is 0.0948. The van der Waals surface area contributed by atoms with Gasteiger partial charge in [0.1, 0.15) is 11.7 Å². The van der Waals surface area contributed by atoms with Gasteiger partial charge in [-0.1, -0.05) is 42.5 Å². The number of nitrogens with zero attached hydrogens (tertiary/aromatic N) is 1. The van der Waals surface area contributed by atoms with Crippen LogP contribution >= 0.6 is 0 Å². The normalized spacial score (nSPS) is 31.9. The molecule has 0 aromatic heterocycles. The van der Waals surface area contributed by atoms with Crippen LogP contribution in [0.2, 0.25) is 0 Å². The maximum Gasteiger partial charge on any atom is 0.230 e. The van der Waals surface area contributed by atoms with Crippen LogP contribution in [-0.4, -0.2) is 92.8 Å². The first-order valence-corrected chi connectivity index (χ1v) is 13.8. The van der Waals surface area contributed by atoms with E-state index in [1.165, 1.54) is 25.1 Å². The highest BCUT2D eigenvalue weighted by Crippen LogP contribution is 2.52. The van der Waals surface area contributed by atoms with Crippen LogP contribution in [0.3, 0.4) is 0 Å². The molecule has 6 N–H and O–H groups in total. The number of aliphatic hydroxyl groups is 3. The Bertz CT molecular complexity index is 1750. The molecule has 0 radical (unpaired) electrons. The van der Waals surface area contributed by atoms with Gasteiger partial charge in [0.25, 0.3) is 0 Å². The van der Waals surface area contributed by atoms with Crippen molar-refractivity contribution < 1.29 is 44.4 Å². The molecule has 0 bridgehead atoms. The first-order chi connectivity index (χ1) is 20.4. The lowest BCUT2D eigenvalue weighted by Crippen LogP contribution is -2.78. The molecule has 6 rings (SSSR count). The average molecular weight is 587 g/mol. The van der Waals surface area contributed by atoms with E-state index in [4.69, 9.17) is 5.73 Å². The number of carbonyl (C=O) groups excluding carboxylic acids is 5. The van der Waals surface area contributed by atoms with Crippen molar-refractivity contribution in [1.29, 1.82) is 0 Å². The predicted octanol–water partition coefficient (Wildman–Crippen LogP) is 0.262. The number of aldehydes is 1. The van der Waals surface area contributed by atoms with Crippen molar-refractivity contribution in [2.75, 3.05) is 14.1 Å². The second-order valence-corrected chi connectivity index (χ2v) is 11.9. The molecule has 2 saturated carbocycles. The van der Waals surface area contributed by atoms with Crippen molar-refractivity contribution >= 4 is 40.3 Å². The molecule has 0 spiro atoms. The van der Waals surface area contributed by atoms with Crippen LogP contribution in [0.15, 0.2) is 48.5 Å². The van der Waals surface area contributed by atoms with E-state index in [0.29, 0.717) is 33.0 Å². The lowest BCUT2D eigenvalue weighted by Gasteiger charge is -2.56. The number of hydrogen-bond donors (Lipinski definition) is 5. The van der Waals surface area contributed by atoms with Gasteiger partial charge in [0, 0.05) is 23.4 Å². The van der Waals surface area contributed by atoms with Crippen molar-refractivity contribution in [3.05, 3.63) is 65.2 Å². The number of primary amides is 1. The molecule has 3 aromatic rings. The monoisotopic (exact) mass is 586 g/mol. The molecule has 8 atom stereocenters. The van der Waals surface area contributed by atoms with E-state index in [2.05, 4.69) is 0 Å². The number of nitrogens with two attached hydrogens (primary N) is 1. The van der Waals surface area contributed by atoms with Crippen LogP contribution in [0.1, 0.15) is 26.3 Å². The topological polar surface area (TPSA) is 196 Å². The van der Waals surface area contributed by atoms with E-state index in [9.17, 15) is 44.4 Å². The maximum absolute atomic E-state index is 14.1. The second-order valence-electron chi connectivity index (χ2n) is 11.9. The van der Waals surface area contributed by atoms with Crippen molar-refractivity contribution in [2.45, 2.75) is 30.3 Å². The van der Waals surface area contributed by atoms with Gasteiger partial charge in [-0.15, -0.1) is 0 Å². The summed E-state index contributed by atoms with van der Waals surface area (Å²) in [6.45, 7) is 0. The van der Waals surface area contributed by atoms with Gasteiger partial charge in [-0.05, 0) is 54.0 Å². The third-order valence-corrected chi connectivity index (χ3v) is 9.63. The van der Waals surface area contributed by atoms with Gasteiger partial charge < -0.3 is 31.1 Å². The van der Waals surface area contributed by atoms with E-state index in [1.54, 1.807) is 36.4 Å². The highest BCUT2D eigenvalue weighted by molar-refractivity contribution is 6.26. The quantitative estimate of drug-likeness (QED) is 0.209. The number of phenolic OH excluding ortho intramolecular Hbond substituents is 1. The van der Waals surface area contributed by atoms with Crippen LogP contribution in [-0.2, 0) is 20.8 Å². The number of Topliss-reactive ketones (excluding diaryl/α,β-unsaturated/α-hetero) is 3. The minimum atomic E-state index is -2.99. The van der Waals surface area contributed by atoms with E-state index in [-0.39, 0.29) is 12.0 Å². The number of hydrogen-bond acceptors (Lipinski definition) is 10. The smallest absolute Gasteiger partial charge is 0.230 e. The van der Waals surface area contributed by atoms with Crippen molar-refractivity contribution in [3.63, 3.8) is 0 Å². The van der Waals surface area contributed by atoms with E-state index in [1.807, 2.05) is 6.07 Å². The highest BCUT2D eigenvalue weighted by atomic mass is 16.3. The molecule has 0 heterocycles. The standard InChI is InChI=1S/C32H30N2O9/c1-34(2)25-24-26(37)19-11-18-17(16-8-7-13(12-35)14-5-3-4-6-15(14)16)9-10-20(36)21(18)27(38)22(19)29(40)32(24,43)30(41)23(28(25)39)31(33)42/h3-10,12,19,22-26,28,36-37,39,43H,11H2,1-2H3,(H2,33,42)/t19-,22?,23?,24-,25+,26+,28?,32+/m0/s1. The molecule has 2 fully saturated rings. The molecule has 3 aromatic carbocycles. The Morgan fingerprint density at radius 2 is 1.60 bits per heavy atom. The fourth-order valence-corrected chi connectivity index (χ4v) is 7.75. The zero-order chi connectivity index (χ0) is 31.1. The van der Waals surface area contributed by atoms with Gasteiger partial charge in [0.2, 0.25) is 5.91 Å². The summed E-state index contributed by atoms with van der Waals surface area (Å²) in [6, 6.07) is 12.2. The molecule has 3 aliphatic carbocycles. The van der Waals surface area contributed by atoms with E-state index < -0.39 is 76.5 Å². The number of aromatic hydroxyl groups is 1. The van der Waals surface area contributed by atoms with Crippen molar-refractivity contribution in [3.8, 4) is 16.9 Å². The fourth-order valence-electron chi connectivity index (χ4n) is 7.75. The summed E-state index contributed by atoms with van der Waals surface area (Å²) < 4.78 is 0. The molecule has 1 amide bonds. The highest BCUT2D eigenvalue weighted by Gasteiger charge is 2.72. The molecule has 11 heteroatoms. The zero-order valence-corrected chi connectivity index (χ0v) is 23.3. The summed E-state index contributed by atoms with van der Waals surface area (Å²) in [4.78, 5) is 67.0. The Hall–Kier alpha value is -4.29. The first-order valence-electron chi connectivity index (χ1n) is 13.8. The lowest BCUT2D eigenvalue weighted by molar-refractivity contribution is -0.207. The molecule has 222 valence electrons. The number of aliphatic hydroxyl groups excluding tert-OH is 2. The Kier molecular flexibility index (Phi) is 6.62. The molecular formula is C32H30N2O9. The number of benzene rings is 3. The minimum Gasteiger partial charge on any atom is -0.507 e. The maximum atomic E-state index is 14.1. The van der Waals surface area contributed by atoms with Crippen LogP contribution in [0, 0.1) is 23.7 Å². The SMILES string of the molecule is CN(C)[C@H]1C(O)C(C(N)=O)C(=O)[C@]2(O)C(=O)C3C(=O)c4c(O)ccc(-c5ccc(C=O)c6ccccc56)c4C[C@@H]3[C@@H](O)[C@H]12. The molecule has 3 unspecified atom stereocenters. The summed E-state index contributed by atoms with van der Waals surface area (Å²) in [6.07, 6.45) is -2.75. The Balaban J connectivity index is 1.55. The number of rotatable bonds is 4. The molecule has 0 aliphatic heterocycles. The second kappa shape index (κ2) is 9.88. The van der Waals surface area contributed by atoms with Crippen LogP contribution in [0.25, 0.3) is 21.9 Å². The Morgan fingerprint density at radius 1 is 0.953 bits per heavy atom. The van der Waals surface area contributed by atoms with E-state index in [0.717, 1.165) is 6.29 Å². The summed E-state index contributed by atoms with van der Waals surface area (Å²) in [5.74, 6) is -11.5. The van der Waals surface area contributed by atoms with Gasteiger partial charge in [0.15, 0.2) is 29.2 Å². The number of likely N-dealkylation sites (N-methyl/N-ethyl adjacent to an activating group) is 1. The third-order valence-electron chi connectivity index (χ3n) is 9.63. The Morgan fingerprint density at radius 3 is 2.23 bits per heavy atom. The fraction of sp³-hybridized carbons (Fsp3) is 0.344. The van der Waals surface area contributed by atoms with Gasteiger partial charge in [-0.3, -0.25) is 24.0 Å². The van der Waals surface area contributed by atoms with E-state index >= 15 is 0 Å². The van der Waals surface area contributed by atoms with Crippen LogP contribution in [0.4, 0.5) is 0 Å². The third kappa shape index (κ3) is 3.79. The van der Waals surface area contributed by atoms with Crippen molar-refractivity contribution in [2.24, 2.45) is 29.4 Å². The first kappa shape index (κ1) is 28.8. The average Bonchev–Trinajstić information content (AvgIpc) is 2.96. The lowest BCUT2D eigenvalue weighted by atomic mass is 9.50. The summed E-state index contributed by atoms with van der Waals surface area (Å²) >= 11 is 0. The van der Waals surface area contributed by atoms with Gasteiger partial charge >= 0.3 is 0 Å². The largest absolute Gasteiger partial charge is 0.507 e. The molecule has 0 saturated heterocycles. The molecule has 11 nitrogen and oxygen atoms in total. The molecule has 3 aliphatic rings. The predicted molar refractivity (Wildman–Crippen MR) is 152 cm³/mol. The molecule has 43 heavy (non-hydrogen) atoms. The van der Waals surface area contributed by atoms with Crippen LogP contribution < -0.4 is 5.73 Å². The van der Waals surface area contributed by atoms with Gasteiger partial charge in [0.05, 0.1) is 23.7 Å². The van der Waals surface area contributed by atoms with Crippen molar-refractivity contribution in [1.82, 2.24) is 4.90 Å². The van der Waals surface area contributed by atoms with Gasteiger partial charge in [-0.2, -0.15) is 0 Å². The zero-order valence-electron chi connectivity index (χ0n) is 23.3. The number of amides is 1. The number of ketones is 3. The number of carbonyl (C=O) groups is 5. The Labute approximate surface area is 245 Å². The number of phenols is 1. The summed E-state index contributed by atoms with van der Waals surface area (Å²) in [5, 5.41) is 46.9. The van der Waals surface area contributed by atoms with Crippen LogP contribution in [0.5, 0.6) is 5.75 Å². The molecular weight excluding hydrogens is 556 g/mol. The number of fused-ring (bicyclic) bond motifs is 4. The summed E-state index contributed by atoms with van der Waals surface area (Å²) in [7, 11) is 2.99.